The van der Waals surface area contributed by atoms with E-state index in [1.54, 1.807) is 12.1 Å². The number of amides is 2. The fourth-order valence-corrected chi connectivity index (χ4v) is 3.28. The third-order valence-corrected chi connectivity index (χ3v) is 4.90. The number of benzene rings is 1. The zero-order valence-corrected chi connectivity index (χ0v) is 15.3. The molecule has 3 rings (SSSR count). The smallest absolute Gasteiger partial charge is 0.256 e. The van der Waals surface area contributed by atoms with Gasteiger partial charge in [0.1, 0.15) is 0 Å². The van der Waals surface area contributed by atoms with Gasteiger partial charge in [0, 0.05) is 37.6 Å². The molecule has 0 aromatic heterocycles. The molecule has 5 heteroatoms. The molecular weight excluding hydrogens is 314 g/mol. The number of hydrogen-bond donors (Lipinski definition) is 1. The van der Waals surface area contributed by atoms with Gasteiger partial charge in [-0.1, -0.05) is 45.1 Å². The van der Waals surface area contributed by atoms with Crippen molar-refractivity contribution in [2.45, 2.75) is 33.2 Å². The van der Waals surface area contributed by atoms with Crippen LogP contribution in [-0.4, -0.2) is 53.8 Å². The fraction of sp³-hybridized carbons (Fsp3) is 0.500. The van der Waals surface area contributed by atoms with Crippen molar-refractivity contribution < 1.29 is 9.59 Å². The average Bonchev–Trinajstić information content (AvgIpc) is 3.25. The summed E-state index contributed by atoms with van der Waals surface area (Å²) in [5.41, 5.74) is 0.663. The quantitative estimate of drug-likeness (QED) is 0.860. The number of para-hydroxylation sites is 1. The third-order valence-electron chi connectivity index (χ3n) is 4.90. The van der Waals surface area contributed by atoms with E-state index in [0.717, 1.165) is 32.6 Å². The molecule has 2 amide bonds. The molecule has 2 aliphatic heterocycles. The number of carbonyl (C=O) groups excluding carboxylic acids is 2. The Kier molecular flexibility index (Phi) is 4.95. The van der Waals surface area contributed by atoms with E-state index >= 15 is 0 Å². The second kappa shape index (κ2) is 7.00. The summed E-state index contributed by atoms with van der Waals surface area (Å²) in [7, 11) is 0. The lowest BCUT2D eigenvalue weighted by Gasteiger charge is -2.24. The molecule has 1 fully saturated rings. The van der Waals surface area contributed by atoms with E-state index in [2.05, 4.69) is 22.4 Å². The largest absolute Gasteiger partial charge is 0.337 e. The number of rotatable bonds is 3. The summed E-state index contributed by atoms with van der Waals surface area (Å²) in [5, 5.41) is 2.91. The van der Waals surface area contributed by atoms with Gasteiger partial charge in [0.15, 0.2) is 0 Å². The zero-order chi connectivity index (χ0) is 18.0. The van der Waals surface area contributed by atoms with Crippen molar-refractivity contribution in [2.75, 3.05) is 31.5 Å². The Morgan fingerprint density at radius 1 is 1.12 bits per heavy atom. The fourth-order valence-electron chi connectivity index (χ4n) is 3.28. The van der Waals surface area contributed by atoms with Gasteiger partial charge in [-0.2, -0.15) is 0 Å². The molecule has 1 atom stereocenters. The van der Waals surface area contributed by atoms with Crippen molar-refractivity contribution in [2.24, 2.45) is 5.41 Å². The van der Waals surface area contributed by atoms with Gasteiger partial charge in [0.2, 0.25) is 5.91 Å². The molecule has 1 N–H and O–H groups in total. The summed E-state index contributed by atoms with van der Waals surface area (Å²) < 4.78 is 0. The van der Waals surface area contributed by atoms with Crippen molar-refractivity contribution in [3.05, 3.63) is 42.0 Å². The number of anilines is 1. The van der Waals surface area contributed by atoms with Crippen LogP contribution in [0.3, 0.4) is 0 Å². The van der Waals surface area contributed by atoms with Gasteiger partial charge in [-0.15, -0.1) is 0 Å². The van der Waals surface area contributed by atoms with Crippen LogP contribution in [0.25, 0.3) is 0 Å². The van der Waals surface area contributed by atoms with E-state index in [-0.39, 0.29) is 11.8 Å². The summed E-state index contributed by atoms with van der Waals surface area (Å²) >= 11 is 0. The molecular formula is C20H27N3O2. The Bertz CT molecular complexity index is 682. The van der Waals surface area contributed by atoms with Gasteiger partial charge >= 0.3 is 0 Å². The molecule has 0 aliphatic carbocycles. The van der Waals surface area contributed by atoms with E-state index in [1.807, 2.05) is 37.8 Å². The summed E-state index contributed by atoms with van der Waals surface area (Å²) in [4.78, 5) is 29.6. The molecule has 5 nitrogen and oxygen atoms in total. The van der Waals surface area contributed by atoms with Gasteiger partial charge in [-0.3, -0.25) is 14.5 Å². The average molecular weight is 341 g/mol. The minimum absolute atomic E-state index is 0.000495. The van der Waals surface area contributed by atoms with Crippen molar-refractivity contribution in [3.63, 3.8) is 0 Å². The molecule has 1 saturated heterocycles. The molecule has 1 aromatic carbocycles. The van der Waals surface area contributed by atoms with Gasteiger partial charge < -0.3 is 10.2 Å². The van der Waals surface area contributed by atoms with Gasteiger partial charge in [-0.05, 0) is 18.6 Å². The van der Waals surface area contributed by atoms with Crippen LogP contribution in [0, 0.1) is 5.41 Å². The molecule has 25 heavy (non-hydrogen) atoms. The van der Waals surface area contributed by atoms with E-state index in [1.165, 1.54) is 0 Å². The first-order valence-corrected chi connectivity index (χ1v) is 8.95. The number of likely N-dealkylation sites (tertiary alicyclic amines) is 1. The van der Waals surface area contributed by atoms with Crippen LogP contribution in [0.1, 0.15) is 37.6 Å². The van der Waals surface area contributed by atoms with Gasteiger partial charge in [-0.25, -0.2) is 0 Å². The summed E-state index contributed by atoms with van der Waals surface area (Å²) in [5.74, 6) is -0.0883. The lowest BCUT2D eigenvalue weighted by atomic mass is 9.95. The second-order valence-electron chi connectivity index (χ2n) is 7.87. The van der Waals surface area contributed by atoms with Crippen LogP contribution in [0.4, 0.5) is 5.69 Å². The molecule has 0 bridgehead atoms. The summed E-state index contributed by atoms with van der Waals surface area (Å²) in [6, 6.07) is 7.71. The minimum atomic E-state index is -0.502. The maximum Gasteiger partial charge on any atom is 0.256 e. The number of nitrogens with zero attached hydrogens (tertiary/aromatic N) is 2. The topological polar surface area (TPSA) is 52.7 Å². The molecule has 1 aromatic rings. The van der Waals surface area contributed by atoms with E-state index in [0.29, 0.717) is 17.3 Å². The van der Waals surface area contributed by atoms with Crippen molar-refractivity contribution in [1.82, 2.24) is 9.80 Å². The van der Waals surface area contributed by atoms with Crippen LogP contribution >= 0.6 is 0 Å². The molecule has 134 valence electrons. The normalized spacial score (nSPS) is 20.9. The van der Waals surface area contributed by atoms with Crippen molar-refractivity contribution in [3.8, 4) is 0 Å². The predicted molar refractivity (Wildman–Crippen MR) is 99.5 cm³/mol. The highest BCUT2D eigenvalue weighted by atomic mass is 16.2. The van der Waals surface area contributed by atoms with Crippen LogP contribution in [0.5, 0.6) is 0 Å². The van der Waals surface area contributed by atoms with Crippen molar-refractivity contribution in [1.29, 1.82) is 0 Å². The zero-order valence-electron chi connectivity index (χ0n) is 15.3. The first kappa shape index (κ1) is 17.7. The van der Waals surface area contributed by atoms with Crippen molar-refractivity contribution >= 4 is 17.5 Å². The molecule has 2 aliphatic rings. The molecule has 0 radical (unpaired) electrons. The van der Waals surface area contributed by atoms with Crippen LogP contribution in [-0.2, 0) is 4.79 Å². The van der Waals surface area contributed by atoms with E-state index in [9.17, 15) is 9.59 Å². The lowest BCUT2D eigenvalue weighted by molar-refractivity contribution is -0.123. The molecule has 0 spiro atoms. The minimum Gasteiger partial charge on any atom is -0.337 e. The first-order valence-electron chi connectivity index (χ1n) is 8.95. The molecule has 0 unspecified atom stereocenters. The Labute approximate surface area is 149 Å². The van der Waals surface area contributed by atoms with Gasteiger partial charge in [0.25, 0.3) is 5.91 Å². The highest BCUT2D eigenvalue weighted by Crippen LogP contribution is 2.25. The van der Waals surface area contributed by atoms with Crippen LogP contribution in [0.2, 0.25) is 0 Å². The SMILES string of the molecule is CC(C)(C)C(=O)Nc1ccccc1C(=O)N1CC[C@H](N2CC=CC2)C1. The molecule has 0 saturated carbocycles. The summed E-state index contributed by atoms with van der Waals surface area (Å²) in [6.45, 7) is 9.06. The maximum atomic E-state index is 13.0. The van der Waals surface area contributed by atoms with E-state index < -0.39 is 5.41 Å². The number of carbonyl (C=O) groups is 2. The Hall–Kier alpha value is -2.14. The Morgan fingerprint density at radius 3 is 2.48 bits per heavy atom. The number of nitrogens with one attached hydrogen (secondary N) is 1. The third kappa shape index (κ3) is 3.93. The lowest BCUT2D eigenvalue weighted by Crippen LogP contribution is -2.37. The highest BCUT2D eigenvalue weighted by Gasteiger charge is 2.32. The van der Waals surface area contributed by atoms with Crippen LogP contribution < -0.4 is 5.32 Å². The first-order chi connectivity index (χ1) is 11.9. The predicted octanol–water partition coefficient (Wildman–Crippen LogP) is 2.76. The van der Waals surface area contributed by atoms with Crippen LogP contribution in [0.15, 0.2) is 36.4 Å². The van der Waals surface area contributed by atoms with Gasteiger partial charge in [0.05, 0.1) is 11.3 Å². The number of hydrogen-bond acceptors (Lipinski definition) is 3. The Morgan fingerprint density at radius 2 is 1.80 bits per heavy atom. The maximum absolute atomic E-state index is 13.0. The monoisotopic (exact) mass is 341 g/mol. The second-order valence-corrected chi connectivity index (χ2v) is 7.87. The Balaban J connectivity index is 1.71. The van der Waals surface area contributed by atoms with E-state index in [4.69, 9.17) is 0 Å². The summed E-state index contributed by atoms with van der Waals surface area (Å²) in [6.07, 6.45) is 5.37. The standard InChI is InChI=1S/C20H27N3O2/c1-20(2,3)19(25)21-17-9-5-4-8-16(17)18(24)23-13-10-15(14-23)22-11-6-7-12-22/h4-9,15H,10-14H2,1-3H3,(H,21,25)/t15-/m0/s1. The molecule has 2 heterocycles. The highest BCUT2D eigenvalue weighted by molar-refractivity contribution is 6.04.